The molecule has 0 aromatic heterocycles. The SMILES string of the molecule is CNS(=O)(=O)CC(C)C(C)(C)C. The highest BCUT2D eigenvalue weighted by molar-refractivity contribution is 7.89. The normalized spacial score (nSPS) is 16.1. The summed E-state index contributed by atoms with van der Waals surface area (Å²) in [6, 6.07) is 0. The Labute approximate surface area is 75.6 Å². The number of hydrogen-bond donors (Lipinski definition) is 1. The highest BCUT2D eigenvalue weighted by atomic mass is 32.2. The smallest absolute Gasteiger partial charge is 0.211 e. The van der Waals surface area contributed by atoms with Crippen LogP contribution < -0.4 is 4.72 Å². The van der Waals surface area contributed by atoms with E-state index in [1.807, 2.05) is 27.7 Å². The maximum atomic E-state index is 11.1. The first-order valence-electron chi connectivity index (χ1n) is 4.10. The van der Waals surface area contributed by atoms with Gasteiger partial charge in [0.25, 0.3) is 0 Å². The molecule has 0 aliphatic rings. The molecule has 0 fully saturated rings. The Morgan fingerprint density at radius 1 is 1.33 bits per heavy atom. The molecule has 0 amide bonds. The van der Waals surface area contributed by atoms with Crippen molar-refractivity contribution in [2.24, 2.45) is 11.3 Å². The first-order valence-corrected chi connectivity index (χ1v) is 5.75. The number of rotatable bonds is 3. The van der Waals surface area contributed by atoms with Crippen molar-refractivity contribution in [3.05, 3.63) is 0 Å². The molecule has 3 nitrogen and oxygen atoms in total. The van der Waals surface area contributed by atoms with E-state index < -0.39 is 10.0 Å². The van der Waals surface area contributed by atoms with E-state index in [2.05, 4.69) is 4.72 Å². The highest BCUT2D eigenvalue weighted by Crippen LogP contribution is 2.25. The third kappa shape index (κ3) is 4.07. The summed E-state index contributed by atoms with van der Waals surface area (Å²) < 4.78 is 24.6. The van der Waals surface area contributed by atoms with Gasteiger partial charge in [-0.1, -0.05) is 27.7 Å². The Hall–Kier alpha value is -0.0900. The van der Waals surface area contributed by atoms with Crippen LogP contribution in [0.25, 0.3) is 0 Å². The molecule has 0 spiro atoms. The van der Waals surface area contributed by atoms with Crippen molar-refractivity contribution >= 4 is 10.0 Å². The summed E-state index contributed by atoms with van der Waals surface area (Å²) in [7, 11) is -1.60. The fourth-order valence-corrected chi connectivity index (χ4v) is 1.99. The van der Waals surface area contributed by atoms with Crippen LogP contribution in [0.15, 0.2) is 0 Å². The lowest BCUT2D eigenvalue weighted by Gasteiger charge is -2.26. The van der Waals surface area contributed by atoms with Gasteiger partial charge in [0, 0.05) is 0 Å². The number of nitrogens with one attached hydrogen (secondary N) is 1. The van der Waals surface area contributed by atoms with Gasteiger partial charge in [-0.15, -0.1) is 0 Å². The van der Waals surface area contributed by atoms with Crippen LogP contribution in [-0.2, 0) is 10.0 Å². The van der Waals surface area contributed by atoms with E-state index in [9.17, 15) is 8.42 Å². The van der Waals surface area contributed by atoms with Crippen LogP contribution in [0.1, 0.15) is 27.7 Å². The van der Waals surface area contributed by atoms with Gasteiger partial charge in [-0.05, 0) is 18.4 Å². The van der Waals surface area contributed by atoms with Crippen molar-refractivity contribution < 1.29 is 8.42 Å². The monoisotopic (exact) mass is 193 g/mol. The summed E-state index contributed by atoms with van der Waals surface area (Å²) in [5, 5.41) is 0. The lowest BCUT2D eigenvalue weighted by atomic mass is 9.83. The maximum absolute atomic E-state index is 11.1. The van der Waals surface area contributed by atoms with Crippen molar-refractivity contribution in [1.82, 2.24) is 4.72 Å². The Bertz CT molecular complexity index is 226. The van der Waals surface area contributed by atoms with E-state index in [0.29, 0.717) is 0 Å². The first-order chi connectivity index (χ1) is 5.19. The molecule has 1 N–H and O–H groups in total. The van der Waals surface area contributed by atoms with Gasteiger partial charge in [-0.3, -0.25) is 0 Å². The molecular weight excluding hydrogens is 174 g/mol. The van der Waals surface area contributed by atoms with Gasteiger partial charge >= 0.3 is 0 Å². The lowest BCUT2D eigenvalue weighted by molar-refractivity contribution is 0.285. The van der Waals surface area contributed by atoms with Crippen LogP contribution in [0, 0.1) is 11.3 Å². The van der Waals surface area contributed by atoms with E-state index in [1.54, 1.807) is 0 Å². The zero-order valence-corrected chi connectivity index (χ0v) is 9.33. The molecule has 4 heteroatoms. The van der Waals surface area contributed by atoms with E-state index >= 15 is 0 Å². The average Bonchev–Trinajstić information content (AvgIpc) is 1.85. The zero-order valence-electron chi connectivity index (χ0n) is 8.51. The van der Waals surface area contributed by atoms with Crippen LogP contribution >= 0.6 is 0 Å². The predicted octanol–water partition coefficient (Wildman–Crippen LogP) is 1.22. The quantitative estimate of drug-likeness (QED) is 0.732. The second kappa shape index (κ2) is 3.75. The molecule has 0 bridgehead atoms. The zero-order chi connectivity index (χ0) is 9.99. The summed E-state index contributed by atoms with van der Waals surface area (Å²) in [6.45, 7) is 8.09. The third-order valence-electron chi connectivity index (χ3n) is 2.26. The fourth-order valence-electron chi connectivity index (χ4n) is 0.662. The Kier molecular flexibility index (Phi) is 3.72. The summed E-state index contributed by atoms with van der Waals surface area (Å²) in [5.41, 5.74) is 0.0456. The van der Waals surface area contributed by atoms with Crippen molar-refractivity contribution in [2.75, 3.05) is 12.8 Å². The number of sulfonamides is 1. The van der Waals surface area contributed by atoms with E-state index in [0.717, 1.165) is 0 Å². The Balaban J connectivity index is 4.30. The summed E-state index contributed by atoms with van der Waals surface area (Å²) in [5.74, 6) is 0.363. The van der Waals surface area contributed by atoms with E-state index in [-0.39, 0.29) is 17.1 Å². The van der Waals surface area contributed by atoms with Crippen LogP contribution in [0.5, 0.6) is 0 Å². The fraction of sp³-hybridized carbons (Fsp3) is 1.00. The van der Waals surface area contributed by atoms with Crippen LogP contribution in [0.4, 0.5) is 0 Å². The molecule has 12 heavy (non-hydrogen) atoms. The van der Waals surface area contributed by atoms with Gasteiger partial charge in [0.05, 0.1) is 5.75 Å². The van der Waals surface area contributed by atoms with Gasteiger partial charge in [0.2, 0.25) is 10.0 Å². The second-order valence-electron chi connectivity index (χ2n) is 4.25. The molecule has 0 aliphatic carbocycles. The Morgan fingerprint density at radius 2 is 1.75 bits per heavy atom. The van der Waals surface area contributed by atoms with Crippen molar-refractivity contribution in [1.29, 1.82) is 0 Å². The molecule has 1 atom stereocenters. The topological polar surface area (TPSA) is 46.2 Å². The minimum Gasteiger partial charge on any atom is -0.218 e. The van der Waals surface area contributed by atoms with Crippen LogP contribution in [0.2, 0.25) is 0 Å². The predicted molar refractivity (Wildman–Crippen MR) is 51.5 cm³/mol. The van der Waals surface area contributed by atoms with Gasteiger partial charge in [-0.25, -0.2) is 13.1 Å². The van der Waals surface area contributed by atoms with Crippen LogP contribution in [-0.4, -0.2) is 21.2 Å². The molecule has 0 aliphatic heterocycles. The van der Waals surface area contributed by atoms with Crippen LogP contribution in [0.3, 0.4) is 0 Å². The summed E-state index contributed by atoms with van der Waals surface area (Å²) >= 11 is 0. The molecule has 0 radical (unpaired) electrons. The summed E-state index contributed by atoms with van der Waals surface area (Å²) in [6.07, 6.45) is 0. The molecule has 0 heterocycles. The van der Waals surface area contributed by atoms with E-state index in [1.165, 1.54) is 7.05 Å². The molecule has 0 saturated heterocycles. The molecule has 0 aromatic rings. The average molecular weight is 193 g/mol. The van der Waals surface area contributed by atoms with Gasteiger partial charge < -0.3 is 0 Å². The lowest BCUT2D eigenvalue weighted by Crippen LogP contribution is -2.31. The Morgan fingerprint density at radius 3 is 2.00 bits per heavy atom. The molecule has 1 unspecified atom stereocenters. The van der Waals surface area contributed by atoms with Crippen molar-refractivity contribution in [2.45, 2.75) is 27.7 Å². The summed E-state index contributed by atoms with van der Waals surface area (Å²) in [4.78, 5) is 0. The first kappa shape index (κ1) is 11.9. The standard InChI is InChI=1S/C8H19NO2S/c1-7(8(2,3)4)6-12(10,11)9-5/h7,9H,6H2,1-5H3. The molecule has 0 saturated carbocycles. The van der Waals surface area contributed by atoms with Gasteiger partial charge in [-0.2, -0.15) is 0 Å². The second-order valence-corrected chi connectivity index (χ2v) is 6.22. The molecule has 74 valence electrons. The van der Waals surface area contributed by atoms with E-state index in [4.69, 9.17) is 0 Å². The minimum atomic E-state index is -3.05. The van der Waals surface area contributed by atoms with Crippen molar-refractivity contribution in [3.8, 4) is 0 Å². The molecule has 0 aromatic carbocycles. The largest absolute Gasteiger partial charge is 0.218 e. The van der Waals surface area contributed by atoms with Crippen molar-refractivity contribution in [3.63, 3.8) is 0 Å². The molecule has 0 rings (SSSR count). The highest BCUT2D eigenvalue weighted by Gasteiger charge is 2.24. The molecular formula is C8H19NO2S. The minimum absolute atomic E-state index is 0.0456. The number of hydrogen-bond acceptors (Lipinski definition) is 2. The van der Waals surface area contributed by atoms with Gasteiger partial charge in [0.15, 0.2) is 0 Å². The van der Waals surface area contributed by atoms with Gasteiger partial charge in [0.1, 0.15) is 0 Å². The maximum Gasteiger partial charge on any atom is 0.211 e. The third-order valence-corrected chi connectivity index (χ3v) is 3.82.